The van der Waals surface area contributed by atoms with Gasteiger partial charge >= 0.3 is 0 Å². The number of nitrogens with zero attached hydrogens (tertiary/aromatic N) is 3. The normalized spacial score (nSPS) is 11.3. The standard InChI is InChI=1S/C14H17N3O2S/c1-12(2)11-17(9-3-8-15)20(18,19)14-6-4-13(10-16)5-7-14/h4-7,12H,3,9,11H2,1-2H3. The Morgan fingerprint density at radius 1 is 1.20 bits per heavy atom. The Morgan fingerprint density at radius 2 is 1.80 bits per heavy atom. The zero-order chi connectivity index (χ0) is 15.2. The molecule has 0 unspecified atom stereocenters. The van der Waals surface area contributed by atoms with Crippen molar-refractivity contribution in [2.75, 3.05) is 13.1 Å². The van der Waals surface area contributed by atoms with Crippen molar-refractivity contribution in [2.24, 2.45) is 5.92 Å². The molecular weight excluding hydrogens is 274 g/mol. The monoisotopic (exact) mass is 291 g/mol. The minimum absolute atomic E-state index is 0.148. The lowest BCUT2D eigenvalue weighted by Crippen LogP contribution is -2.35. The predicted molar refractivity (Wildman–Crippen MR) is 75.0 cm³/mol. The van der Waals surface area contributed by atoms with E-state index in [0.717, 1.165) is 0 Å². The van der Waals surface area contributed by atoms with Gasteiger partial charge < -0.3 is 0 Å². The fourth-order valence-electron chi connectivity index (χ4n) is 1.74. The number of hydrogen-bond acceptors (Lipinski definition) is 4. The summed E-state index contributed by atoms with van der Waals surface area (Å²) in [5.74, 6) is 0.168. The molecule has 0 amide bonds. The highest BCUT2D eigenvalue weighted by Gasteiger charge is 2.24. The first kappa shape index (κ1) is 16.2. The maximum Gasteiger partial charge on any atom is 0.243 e. The molecule has 6 heteroatoms. The molecule has 0 aliphatic carbocycles. The Hall–Kier alpha value is -1.89. The molecule has 0 aliphatic rings. The van der Waals surface area contributed by atoms with Crippen LogP contribution in [0.3, 0.4) is 0 Å². The topological polar surface area (TPSA) is 85.0 Å². The molecule has 0 N–H and O–H groups in total. The van der Waals surface area contributed by atoms with Crippen molar-refractivity contribution in [1.82, 2.24) is 4.31 Å². The van der Waals surface area contributed by atoms with Crippen molar-refractivity contribution in [3.63, 3.8) is 0 Å². The molecular formula is C14H17N3O2S. The molecule has 20 heavy (non-hydrogen) atoms. The Balaban J connectivity index is 3.08. The average molecular weight is 291 g/mol. The second-order valence-corrected chi connectivity index (χ2v) is 6.74. The van der Waals surface area contributed by atoms with Crippen LogP contribution in [-0.2, 0) is 10.0 Å². The third-order valence-electron chi connectivity index (χ3n) is 2.66. The quantitative estimate of drug-likeness (QED) is 0.803. The van der Waals surface area contributed by atoms with Gasteiger partial charge in [-0.1, -0.05) is 13.8 Å². The van der Waals surface area contributed by atoms with Gasteiger partial charge in [0.2, 0.25) is 10.0 Å². The molecule has 1 rings (SSSR count). The van der Waals surface area contributed by atoms with E-state index in [2.05, 4.69) is 0 Å². The molecule has 0 saturated heterocycles. The van der Waals surface area contributed by atoms with Crippen molar-refractivity contribution < 1.29 is 8.42 Å². The highest BCUT2D eigenvalue weighted by molar-refractivity contribution is 7.89. The van der Waals surface area contributed by atoms with E-state index in [1.807, 2.05) is 26.0 Å². The summed E-state index contributed by atoms with van der Waals surface area (Å²) in [7, 11) is -3.62. The maximum absolute atomic E-state index is 12.5. The first-order valence-electron chi connectivity index (χ1n) is 6.29. The lowest BCUT2D eigenvalue weighted by molar-refractivity contribution is 0.373. The largest absolute Gasteiger partial charge is 0.243 e. The van der Waals surface area contributed by atoms with Crippen LogP contribution in [0.1, 0.15) is 25.8 Å². The van der Waals surface area contributed by atoms with Gasteiger partial charge in [-0.3, -0.25) is 0 Å². The summed E-state index contributed by atoms with van der Waals surface area (Å²) in [5.41, 5.74) is 0.413. The summed E-state index contributed by atoms with van der Waals surface area (Å²) >= 11 is 0. The van der Waals surface area contributed by atoms with Crippen molar-refractivity contribution in [3.8, 4) is 12.1 Å². The second kappa shape index (κ2) is 7.04. The number of sulfonamides is 1. The van der Waals surface area contributed by atoms with E-state index in [1.165, 1.54) is 28.6 Å². The van der Waals surface area contributed by atoms with Crippen molar-refractivity contribution in [3.05, 3.63) is 29.8 Å². The lowest BCUT2D eigenvalue weighted by atomic mass is 10.2. The summed E-state index contributed by atoms with van der Waals surface area (Å²) < 4.78 is 26.3. The summed E-state index contributed by atoms with van der Waals surface area (Å²) in [6, 6.07) is 9.72. The van der Waals surface area contributed by atoms with E-state index >= 15 is 0 Å². The van der Waals surface area contributed by atoms with E-state index in [4.69, 9.17) is 10.5 Å². The fraction of sp³-hybridized carbons (Fsp3) is 0.429. The third-order valence-corrected chi connectivity index (χ3v) is 4.54. The van der Waals surface area contributed by atoms with Gasteiger partial charge in [-0.2, -0.15) is 14.8 Å². The summed E-state index contributed by atoms with van der Waals surface area (Å²) in [4.78, 5) is 0.148. The molecule has 0 saturated carbocycles. The van der Waals surface area contributed by atoms with Crippen LogP contribution in [0, 0.1) is 28.6 Å². The minimum Gasteiger partial charge on any atom is -0.207 e. The molecule has 5 nitrogen and oxygen atoms in total. The molecule has 0 spiro atoms. The number of nitriles is 2. The van der Waals surface area contributed by atoms with Crippen LogP contribution in [0.2, 0.25) is 0 Å². The smallest absolute Gasteiger partial charge is 0.207 e. The predicted octanol–water partition coefficient (Wildman–Crippen LogP) is 2.12. The lowest BCUT2D eigenvalue weighted by Gasteiger charge is -2.23. The number of rotatable bonds is 6. The molecule has 0 bridgehead atoms. The number of hydrogen-bond donors (Lipinski definition) is 0. The van der Waals surface area contributed by atoms with Gasteiger partial charge in [0, 0.05) is 19.5 Å². The van der Waals surface area contributed by atoms with Gasteiger partial charge in [-0.05, 0) is 30.2 Å². The second-order valence-electron chi connectivity index (χ2n) is 4.80. The molecule has 0 fully saturated rings. The number of benzene rings is 1. The highest BCUT2D eigenvalue weighted by atomic mass is 32.2. The van der Waals surface area contributed by atoms with E-state index in [1.54, 1.807) is 0 Å². The SMILES string of the molecule is CC(C)CN(CCC#N)S(=O)(=O)c1ccc(C#N)cc1. The Morgan fingerprint density at radius 3 is 2.25 bits per heavy atom. The maximum atomic E-state index is 12.5. The molecule has 0 radical (unpaired) electrons. The third kappa shape index (κ3) is 4.06. The van der Waals surface area contributed by atoms with Gasteiger partial charge in [0.1, 0.15) is 0 Å². The van der Waals surface area contributed by atoms with E-state index in [0.29, 0.717) is 12.1 Å². The Bertz CT molecular complexity index is 622. The van der Waals surface area contributed by atoms with Crippen molar-refractivity contribution >= 4 is 10.0 Å². The Kier molecular flexibility index (Phi) is 5.69. The highest BCUT2D eigenvalue weighted by Crippen LogP contribution is 2.18. The molecule has 1 aromatic carbocycles. The molecule has 0 aromatic heterocycles. The summed E-state index contributed by atoms with van der Waals surface area (Å²) in [5, 5.41) is 17.4. The van der Waals surface area contributed by atoms with Crippen molar-refractivity contribution in [1.29, 1.82) is 10.5 Å². The summed E-state index contributed by atoms with van der Waals surface area (Å²) in [6.07, 6.45) is 0.155. The van der Waals surface area contributed by atoms with E-state index in [-0.39, 0.29) is 23.8 Å². The summed E-state index contributed by atoms with van der Waals surface area (Å²) in [6.45, 7) is 4.39. The van der Waals surface area contributed by atoms with Crippen molar-refractivity contribution in [2.45, 2.75) is 25.2 Å². The van der Waals surface area contributed by atoms with Crippen LogP contribution in [0.4, 0.5) is 0 Å². The molecule has 106 valence electrons. The first-order valence-corrected chi connectivity index (χ1v) is 7.73. The van der Waals surface area contributed by atoms with Crippen LogP contribution in [0.15, 0.2) is 29.2 Å². The first-order chi connectivity index (χ1) is 9.41. The fourth-order valence-corrected chi connectivity index (χ4v) is 3.35. The molecule has 0 atom stereocenters. The van der Waals surface area contributed by atoms with Gasteiger partial charge in [-0.25, -0.2) is 8.42 Å². The zero-order valence-corrected chi connectivity index (χ0v) is 12.4. The van der Waals surface area contributed by atoms with Gasteiger partial charge in [0.15, 0.2) is 0 Å². The van der Waals surface area contributed by atoms with E-state index < -0.39 is 10.0 Å². The Labute approximate surface area is 120 Å². The van der Waals surface area contributed by atoms with Crippen LogP contribution >= 0.6 is 0 Å². The molecule has 0 aliphatic heterocycles. The van der Waals surface area contributed by atoms with Gasteiger partial charge in [0.25, 0.3) is 0 Å². The molecule has 0 heterocycles. The van der Waals surface area contributed by atoms with E-state index in [9.17, 15) is 8.42 Å². The zero-order valence-electron chi connectivity index (χ0n) is 11.6. The minimum atomic E-state index is -3.62. The molecule has 1 aromatic rings. The van der Waals surface area contributed by atoms with Crippen LogP contribution < -0.4 is 0 Å². The van der Waals surface area contributed by atoms with Crippen LogP contribution in [0.25, 0.3) is 0 Å². The van der Waals surface area contributed by atoms with Gasteiger partial charge in [0.05, 0.1) is 22.6 Å². The average Bonchev–Trinajstić information content (AvgIpc) is 2.43. The van der Waals surface area contributed by atoms with Crippen LogP contribution in [-0.4, -0.2) is 25.8 Å². The van der Waals surface area contributed by atoms with Gasteiger partial charge in [-0.15, -0.1) is 0 Å². The van der Waals surface area contributed by atoms with Crippen LogP contribution in [0.5, 0.6) is 0 Å².